The lowest BCUT2D eigenvalue weighted by molar-refractivity contribution is -0.121. The van der Waals surface area contributed by atoms with E-state index in [9.17, 15) is 10.1 Å². The number of nitriles is 1. The lowest BCUT2D eigenvalue weighted by atomic mass is 9.83. The number of nitrogens with zero attached hydrogens (tertiary/aromatic N) is 4. The van der Waals surface area contributed by atoms with Crippen molar-refractivity contribution in [1.82, 2.24) is 20.1 Å². The van der Waals surface area contributed by atoms with Crippen molar-refractivity contribution in [3.05, 3.63) is 47.8 Å². The SMILES string of the molecule is CC(Sc1nnc(-c2cccs2)n1-c1ccccc1)C(=O)NC1(C#N)CCCCC1. The monoisotopic (exact) mass is 437 g/mol. The van der Waals surface area contributed by atoms with Gasteiger partial charge in [-0.25, -0.2) is 0 Å². The Bertz CT molecular complexity index is 1030. The maximum absolute atomic E-state index is 12.9. The first-order valence-electron chi connectivity index (χ1n) is 10.1. The number of aromatic nitrogens is 3. The third-order valence-electron chi connectivity index (χ3n) is 5.32. The molecule has 1 fully saturated rings. The van der Waals surface area contributed by atoms with Crippen LogP contribution < -0.4 is 5.32 Å². The van der Waals surface area contributed by atoms with E-state index in [0.717, 1.165) is 48.5 Å². The van der Waals surface area contributed by atoms with Crippen molar-refractivity contribution in [3.63, 3.8) is 0 Å². The van der Waals surface area contributed by atoms with Gasteiger partial charge in [-0.3, -0.25) is 9.36 Å². The first-order chi connectivity index (χ1) is 14.6. The average Bonchev–Trinajstić information content (AvgIpc) is 3.45. The van der Waals surface area contributed by atoms with Crippen LogP contribution >= 0.6 is 23.1 Å². The number of thiophene rings is 1. The van der Waals surface area contributed by atoms with Gasteiger partial charge >= 0.3 is 0 Å². The minimum atomic E-state index is -0.737. The molecule has 2 heterocycles. The van der Waals surface area contributed by atoms with Gasteiger partial charge in [0.1, 0.15) is 5.54 Å². The molecular formula is C22H23N5OS2. The summed E-state index contributed by atoms with van der Waals surface area (Å²) in [5.41, 5.74) is 0.209. The molecule has 0 bridgehead atoms. The van der Waals surface area contributed by atoms with E-state index in [1.165, 1.54) is 11.8 Å². The Morgan fingerprint density at radius 3 is 2.63 bits per heavy atom. The summed E-state index contributed by atoms with van der Waals surface area (Å²) in [6.07, 6.45) is 4.50. The summed E-state index contributed by atoms with van der Waals surface area (Å²) in [5.74, 6) is 0.621. The highest BCUT2D eigenvalue weighted by Crippen LogP contribution is 2.33. The number of benzene rings is 1. The number of amides is 1. The van der Waals surface area contributed by atoms with Crippen LogP contribution in [0.3, 0.4) is 0 Å². The van der Waals surface area contributed by atoms with Crippen LogP contribution in [0.2, 0.25) is 0 Å². The normalized spacial score (nSPS) is 16.5. The van der Waals surface area contributed by atoms with Gasteiger partial charge in [0.05, 0.1) is 16.2 Å². The minimum Gasteiger partial charge on any atom is -0.337 e. The fourth-order valence-electron chi connectivity index (χ4n) is 3.69. The third kappa shape index (κ3) is 4.27. The molecule has 30 heavy (non-hydrogen) atoms. The third-order valence-corrected chi connectivity index (χ3v) is 7.23. The largest absolute Gasteiger partial charge is 0.337 e. The van der Waals surface area contributed by atoms with E-state index in [4.69, 9.17) is 0 Å². The van der Waals surface area contributed by atoms with E-state index in [2.05, 4.69) is 21.6 Å². The second-order valence-corrected chi connectivity index (χ2v) is 9.71. The molecule has 1 saturated carbocycles. The molecule has 1 aromatic carbocycles. The maximum Gasteiger partial charge on any atom is 0.234 e. The van der Waals surface area contributed by atoms with Crippen molar-refractivity contribution in [2.24, 2.45) is 0 Å². The molecule has 2 aromatic heterocycles. The Kier molecular flexibility index (Phi) is 6.21. The predicted molar refractivity (Wildman–Crippen MR) is 120 cm³/mol. The molecule has 0 aliphatic heterocycles. The van der Waals surface area contributed by atoms with Gasteiger partial charge < -0.3 is 5.32 Å². The molecule has 0 radical (unpaired) electrons. The smallest absolute Gasteiger partial charge is 0.234 e. The van der Waals surface area contributed by atoms with Crippen LogP contribution in [-0.2, 0) is 4.79 Å². The molecule has 154 valence electrons. The number of carbonyl (C=O) groups is 1. The summed E-state index contributed by atoms with van der Waals surface area (Å²) in [6.45, 7) is 1.85. The summed E-state index contributed by atoms with van der Waals surface area (Å²) < 4.78 is 1.99. The highest BCUT2D eigenvalue weighted by atomic mass is 32.2. The second-order valence-electron chi connectivity index (χ2n) is 7.46. The van der Waals surface area contributed by atoms with Gasteiger partial charge in [-0.1, -0.05) is 55.3 Å². The van der Waals surface area contributed by atoms with Crippen molar-refractivity contribution in [3.8, 4) is 22.5 Å². The number of hydrogen-bond donors (Lipinski definition) is 1. The van der Waals surface area contributed by atoms with Crippen LogP contribution in [0.25, 0.3) is 16.4 Å². The van der Waals surface area contributed by atoms with E-state index >= 15 is 0 Å². The Balaban J connectivity index is 1.58. The number of carbonyl (C=O) groups excluding carboxylic acids is 1. The van der Waals surface area contributed by atoms with Crippen molar-refractivity contribution in [2.75, 3.05) is 0 Å². The number of nitrogens with one attached hydrogen (secondary N) is 1. The molecule has 3 aromatic rings. The molecule has 4 rings (SSSR count). The maximum atomic E-state index is 12.9. The minimum absolute atomic E-state index is 0.135. The predicted octanol–water partition coefficient (Wildman–Crippen LogP) is 4.82. The van der Waals surface area contributed by atoms with Gasteiger partial charge in [0.25, 0.3) is 0 Å². The van der Waals surface area contributed by atoms with E-state index in [-0.39, 0.29) is 5.91 Å². The van der Waals surface area contributed by atoms with E-state index in [0.29, 0.717) is 5.16 Å². The summed E-state index contributed by atoms with van der Waals surface area (Å²) >= 11 is 2.96. The molecule has 1 unspecified atom stereocenters. The summed E-state index contributed by atoms with van der Waals surface area (Å²) in [5, 5.41) is 23.7. The highest BCUT2D eigenvalue weighted by Gasteiger charge is 2.35. The number of rotatable bonds is 6. The van der Waals surface area contributed by atoms with Crippen molar-refractivity contribution in [2.45, 2.75) is 55.0 Å². The second kappa shape index (κ2) is 9.02. The first-order valence-corrected chi connectivity index (χ1v) is 11.8. The zero-order valence-electron chi connectivity index (χ0n) is 16.7. The molecule has 0 saturated heterocycles. The highest BCUT2D eigenvalue weighted by molar-refractivity contribution is 8.00. The zero-order valence-corrected chi connectivity index (χ0v) is 18.4. The van der Waals surface area contributed by atoms with Gasteiger partial charge in [0, 0.05) is 5.69 Å². The molecule has 1 N–H and O–H groups in total. The standard InChI is InChI=1S/C22H23N5OS2/c1-16(20(28)24-22(15-23)12-6-3-7-13-22)30-21-26-25-19(18-11-8-14-29-18)27(21)17-9-4-2-5-10-17/h2,4-5,8-11,14,16H,3,6-7,12-13H2,1H3,(H,24,28). The van der Waals surface area contributed by atoms with Gasteiger partial charge in [-0.15, -0.1) is 21.5 Å². The fourth-order valence-corrected chi connectivity index (χ4v) is 5.26. The molecular weight excluding hydrogens is 414 g/mol. The topological polar surface area (TPSA) is 83.6 Å². The zero-order chi connectivity index (χ0) is 21.0. The quantitative estimate of drug-likeness (QED) is 0.559. The van der Waals surface area contributed by atoms with Crippen LogP contribution in [0, 0.1) is 11.3 Å². The lowest BCUT2D eigenvalue weighted by Crippen LogP contribution is -2.50. The van der Waals surface area contributed by atoms with E-state index in [1.807, 2.05) is 59.3 Å². The molecule has 1 aliphatic carbocycles. The van der Waals surface area contributed by atoms with E-state index < -0.39 is 10.8 Å². The van der Waals surface area contributed by atoms with Crippen molar-refractivity contribution >= 4 is 29.0 Å². The molecule has 1 atom stereocenters. The lowest BCUT2D eigenvalue weighted by Gasteiger charge is -2.32. The van der Waals surface area contributed by atoms with Crippen LogP contribution in [0.1, 0.15) is 39.0 Å². The molecule has 1 aliphatic rings. The van der Waals surface area contributed by atoms with Crippen LogP contribution in [0.4, 0.5) is 0 Å². The molecule has 1 amide bonds. The Morgan fingerprint density at radius 2 is 1.97 bits per heavy atom. The first kappa shape index (κ1) is 20.6. The molecule has 6 nitrogen and oxygen atoms in total. The fraction of sp³-hybridized carbons (Fsp3) is 0.364. The van der Waals surface area contributed by atoms with Crippen LogP contribution in [-0.4, -0.2) is 31.5 Å². The van der Waals surface area contributed by atoms with E-state index in [1.54, 1.807) is 11.3 Å². The Labute approximate surface area is 184 Å². The number of thioether (sulfide) groups is 1. The average molecular weight is 438 g/mol. The summed E-state index contributed by atoms with van der Waals surface area (Å²) in [4.78, 5) is 13.9. The van der Waals surface area contributed by atoms with Crippen LogP contribution in [0.5, 0.6) is 0 Å². The van der Waals surface area contributed by atoms with Crippen molar-refractivity contribution < 1.29 is 4.79 Å². The van der Waals surface area contributed by atoms with Gasteiger partial charge in [-0.05, 0) is 43.3 Å². The van der Waals surface area contributed by atoms with Crippen molar-refractivity contribution in [1.29, 1.82) is 5.26 Å². The van der Waals surface area contributed by atoms with Gasteiger partial charge in [0.15, 0.2) is 11.0 Å². The molecule has 0 spiro atoms. The van der Waals surface area contributed by atoms with Gasteiger partial charge in [-0.2, -0.15) is 5.26 Å². The molecule has 8 heteroatoms. The van der Waals surface area contributed by atoms with Gasteiger partial charge in [0.2, 0.25) is 5.91 Å². The Hall–Kier alpha value is -2.63. The number of hydrogen-bond acceptors (Lipinski definition) is 6. The van der Waals surface area contributed by atoms with Crippen LogP contribution in [0.15, 0.2) is 53.0 Å². The number of para-hydroxylation sites is 1. The summed E-state index contributed by atoms with van der Waals surface area (Å²) in [6, 6.07) is 16.3. The summed E-state index contributed by atoms with van der Waals surface area (Å²) in [7, 11) is 0. The Morgan fingerprint density at radius 1 is 1.20 bits per heavy atom.